The summed E-state index contributed by atoms with van der Waals surface area (Å²) in [6.45, 7) is 3.05. The maximum absolute atomic E-state index is 13.4. The minimum Gasteiger partial charge on any atom is -0.391 e. The maximum atomic E-state index is 13.4. The number of rotatable bonds is 3. The van der Waals surface area contributed by atoms with E-state index in [1.807, 2.05) is 6.92 Å². The van der Waals surface area contributed by atoms with Crippen LogP contribution in [0.15, 0.2) is 29.2 Å². The van der Waals surface area contributed by atoms with Crippen LogP contribution in [0.2, 0.25) is 0 Å². The van der Waals surface area contributed by atoms with Crippen LogP contribution in [0.4, 0.5) is 4.39 Å². The minimum atomic E-state index is -0.448. The Kier molecular flexibility index (Phi) is 4.82. The molecule has 0 bridgehead atoms. The van der Waals surface area contributed by atoms with Crippen molar-refractivity contribution in [1.82, 2.24) is 4.90 Å². The van der Waals surface area contributed by atoms with Crippen LogP contribution in [-0.2, 0) is 4.79 Å². The fraction of sp³-hybridized carbons (Fsp3) is 0.500. The van der Waals surface area contributed by atoms with Gasteiger partial charge in [0.05, 0.1) is 11.9 Å². The molecular weight excluding hydrogens is 265 g/mol. The lowest BCUT2D eigenvalue weighted by Gasteiger charge is -2.34. The second-order valence-corrected chi connectivity index (χ2v) is 5.91. The first kappa shape index (κ1) is 14.3. The second-order valence-electron chi connectivity index (χ2n) is 4.89. The van der Waals surface area contributed by atoms with E-state index in [-0.39, 0.29) is 23.4 Å². The van der Waals surface area contributed by atoms with Crippen LogP contribution in [0.5, 0.6) is 0 Å². The van der Waals surface area contributed by atoms with Crippen molar-refractivity contribution in [2.24, 2.45) is 5.92 Å². The molecule has 2 unspecified atom stereocenters. The molecule has 0 saturated carbocycles. The smallest absolute Gasteiger partial charge is 0.233 e. The molecule has 0 radical (unpaired) electrons. The lowest BCUT2D eigenvalue weighted by atomic mass is 9.96. The van der Waals surface area contributed by atoms with Gasteiger partial charge in [0, 0.05) is 18.0 Å². The third-order valence-electron chi connectivity index (χ3n) is 3.46. The molecule has 1 N–H and O–H groups in total. The number of carbonyl (C=O) groups excluding carboxylic acids is 1. The first-order chi connectivity index (χ1) is 9.08. The van der Waals surface area contributed by atoms with Gasteiger partial charge in [-0.05, 0) is 24.5 Å². The molecule has 0 spiro atoms. The molecule has 0 aliphatic carbocycles. The number of hydrogen-bond donors (Lipinski definition) is 1. The van der Waals surface area contributed by atoms with Crippen LogP contribution in [0.1, 0.15) is 13.3 Å². The Morgan fingerprint density at radius 3 is 2.95 bits per heavy atom. The molecule has 5 heteroatoms. The molecule has 1 aliphatic rings. The molecule has 1 heterocycles. The first-order valence-electron chi connectivity index (χ1n) is 6.41. The number of carbonyl (C=O) groups is 1. The van der Waals surface area contributed by atoms with Crippen molar-refractivity contribution in [3.63, 3.8) is 0 Å². The zero-order chi connectivity index (χ0) is 13.8. The van der Waals surface area contributed by atoms with Crippen LogP contribution in [-0.4, -0.2) is 40.9 Å². The summed E-state index contributed by atoms with van der Waals surface area (Å²) in [5.74, 6) is 0.109. The summed E-state index contributed by atoms with van der Waals surface area (Å²) in [6.07, 6.45) is 0.369. The summed E-state index contributed by atoms with van der Waals surface area (Å²) in [4.78, 5) is 14.2. The Morgan fingerprint density at radius 2 is 2.26 bits per heavy atom. The van der Waals surface area contributed by atoms with E-state index in [1.165, 1.54) is 17.8 Å². The number of likely N-dealkylation sites (tertiary alicyclic amines) is 1. The molecule has 1 aromatic rings. The largest absolute Gasteiger partial charge is 0.391 e. The third kappa shape index (κ3) is 3.70. The molecule has 104 valence electrons. The minimum absolute atomic E-state index is 0.0424. The van der Waals surface area contributed by atoms with Gasteiger partial charge in [0.2, 0.25) is 5.91 Å². The highest BCUT2D eigenvalue weighted by Gasteiger charge is 2.27. The average Bonchev–Trinajstić information content (AvgIpc) is 2.40. The number of amides is 1. The van der Waals surface area contributed by atoms with Crippen molar-refractivity contribution >= 4 is 17.7 Å². The zero-order valence-corrected chi connectivity index (χ0v) is 11.7. The van der Waals surface area contributed by atoms with Crippen LogP contribution in [0, 0.1) is 11.7 Å². The number of β-amino-alcohol motifs (C(OH)–C–C–N with tert-alkyl or cyclic N) is 1. The lowest BCUT2D eigenvalue weighted by molar-refractivity contribution is -0.132. The van der Waals surface area contributed by atoms with Gasteiger partial charge in [0.15, 0.2) is 0 Å². The normalized spacial score (nSPS) is 23.4. The van der Waals surface area contributed by atoms with Gasteiger partial charge in [0.25, 0.3) is 0 Å². The van der Waals surface area contributed by atoms with E-state index in [0.29, 0.717) is 18.0 Å². The molecule has 1 amide bonds. The number of benzene rings is 1. The Bertz CT molecular complexity index is 455. The van der Waals surface area contributed by atoms with Gasteiger partial charge in [0.1, 0.15) is 5.82 Å². The number of aliphatic hydroxyl groups is 1. The quantitative estimate of drug-likeness (QED) is 0.864. The molecule has 2 rings (SSSR count). The standard InChI is InChI=1S/C14H18FNO2S/c1-10-6-7-16(8-12(10)17)14(18)9-19-13-5-3-2-4-11(13)15/h2-5,10,12,17H,6-9H2,1H3. The summed E-state index contributed by atoms with van der Waals surface area (Å²) in [5, 5.41) is 9.77. The Balaban J connectivity index is 1.87. The van der Waals surface area contributed by atoms with Gasteiger partial charge in [-0.2, -0.15) is 0 Å². The van der Waals surface area contributed by atoms with Crippen LogP contribution >= 0.6 is 11.8 Å². The lowest BCUT2D eigenvalue weighted by Crippen LogP contribution is -2.46. The van der Waals surface area contributed by atoms with Crippen molar-refractivity contribution < 1.29 is 14.3 Å². The van der Waals surface area contributed by atoms with Crippen LogP contribution in [0.25, 0.3) is 0 Å². The summed E-state index contributed by atoms with van der Waals surface area (Å²) in [7, 11) is 0. The number of piperidine rings is 1. The Labute approximate surface area is 116 Å². The average molecular weight is 283 g/mol. The first-order valence-corrected chi connectivity index (χ1v) is 7.39. The molecule has 1 aliphatic heterocycles. The zero-order valence-electron chi connectivity index (χ0n) is 10.9. The van der Waals surface area contributed by atoms with Gasteiger partial charge in [-0.3, -0.25) is 4.79 Å². The van der Waals surface area contributed by atoms with E-state index in [9.17, 15) is 14.3 Å². The summed E-state index contributed by atoms with van der Waals surface area (Å²) < 4.78 is 13.4. The second kappa shape index (κ2) is 6.39. The summed E-state index contributed by atoms with van der Waals surface area (Å²) in [6, 6.07) is 6.44. The number of hydrogen-bond acceptors (Lipinski definition) is 3. The van der Waals surface area contributed by atoms with Crippen molar-refractivity contribution in [3.05, 3.63) is 30.1 Å². The van der Waals surface area contributed by atoms with Crippen molar-refractivity contribution in [3.8, 4) is 0 Å². The van der Waals surface area contributed by atoms with E-state index < -0.39 is 6.10 Å². The van der Waals surface area contributed by atoms with Gasteiger partial charge in [-0.15, -0.1) is 11.8 Å². The van der Waals surface area contributed by atoms with Gasteiger partial charge >= 0.3 is 0 Å². The van der Waals surface area contributed by atoms with Gasteiger partial charge in [-0.25, -0.2) is 4.39 Å². The van der Waals surface area contributed by atoms with Gasteiger partial charge < -0.3 is 10.0 Å². The maximum Gasteiger partial charge on any atom is 0.233 e. The molecule has 19 heavy (non-hydrogen) atoms. The van der Waals surface area contributed by atoms with Crippen molar-refractivity contribution in [2.75, 3.05) is 18.8 Å². The summed E-state index contributed by atoms with van der Waals surface area (Å²) in [5.41, 5.74) is 0. The number of thioether (sulfide) groups is 1. The molecule has 3 nitrogen and oxygen atoms in total. The van der Waals surface area contributed by atoms with E-state index >= 15 is 0 Å². The third-order valence-corrected chi connectivity index (χ3v) is 4.49. The monoisotopic (exact) mass is 283 g/mol. The fourth-order valence-electron chi connectivity index (χ4n) is 2.07. The van der Waals surface area contributed by atoms with Crippen molar-refractivity contribution in [2.45, 2.75) is 24.3 Å². The van der Waals surface area contributed by atoms with Gasteiger partial charge in [-0.1, -0.05) is 19.1 Å². The molecule has 1 aromatic carbocycles. The highest BCUT2D eigenvalue weighted by atomic mass is 32.2. The molecule has 0 aromatic heterocycles. The predicted molar refractivity (Wildman–Crippen MR) is 73.5 cm³/mol. The van der Waals surface area contributed by atoms with Crippen LogP contribution in [0.3, 0.4) is 0 Å². The number of halogens is 1. The predicted octanol–water partition coefficient (Wildman–Crippen LogP) is 2.15. The number of nitrogens with zero attached hydrogens (tertiary/aromatic N) is 1. The highest BCUT2D eigenvalue weighted by molar-refractivity contribution is 8.00. The van der Waals surface area contributed by atoms with Crippen LogP contribution < -0.4 is 0 Å². The van der Waals surface area contributed by atoms with E-state index in [0.717, 1.165) is 6.42 Å². The Morgan fingerprint density at radius 1 is 1.53 bits per heavy atom. The number of aliphatic hydroxyl groups excluding tert-OH is 1. The Hall–Kier alpha value is -1.07. The topological polar surface area (TPSA) is 40.5 Å². The van der Waals surface area contributed by atoms with E-state index in [1.54, 1.807) is 23.1 Å². The molecule has 1 saturated heterocycles. The molecule has 2 atom stereocenters. The van der Waals surface area contributed by atoms with E-state index in [2.05, 4.69) is 0 Å². The summed E-state index contributed by atoms with van der Waals surface area (Å²) >= 11 is 1.20. The van der Waals surface area contributed by atoms with E-state index in [4.69, 9.17) is 0 Å². The fourth-order valence-corrected chi connectivity index (χ4v) is 2.91. The highest BCUT2D eigenvalue weighted by Crippen LogP contribution is 2.23. The molecule has 1 fully saturated rings. The molecular formula is C14H18FNO2S. The van der Waals surface area contributed by atoms with Crippen molar-refractivity contribution in [1.29, 1.82) is 0 Å². The SMILES string of the molecule is CC1CCN(C(=O)CSc2ccccc2F)CC1O.